The van der Waals surface area contributed by atoms with Gasteiger partial charge >= 0.3 is 5.97 Å². The van der Waals surface area contributed by atoms with Crippen LogP contribution in [0.1, 0.15) is 27.2 Å². The number of hydrogen-bond acceptors (Lipinski definition) is 3. The van der Waals surface area contributed by atoms with Gasteiger partial charge in [0.25, 0.3) is 0 Å². The lowest BCUT2D eigenvalue weighted by Crippen LogP contribution is -2.07. The maximum atomic E-state index is 11.3. The second-order valence-corrected chi connectivity index (χ2v) is 2.99. The van der Waals surface area contributed by atoms with E-state index in [9.17, 15) is 4.79 Å². The van der Waals surface area contributed by atoms with Crippen LogP contribution in [0, 0.1) is 13.8 Å². The number of ether oxygens (including phenoxy) is 1. The van der Waals surface area contributed by atoms with Crippen molar-refractivity contribution >= 4 is 12.0 Å². The third-order valence-electron chi connectivity index (χ3n) is 2.19. The molecule has 0 aromatic carbocycles. The van der Waals surface area contributed by atoms with Crippen LogP contribution in [0.5, 0.6) is 0 Å². The number of hydrogen-bond donors (Lipinski definition) is 0. The van der Waals surface area contributed by atoms with Crippen LogP contribution in [0.25, 0.3) is 6.08 Å². The van der Waals surface area contributed by atoms with E-state index < -0.39 is 0 Å². The molecule has 0 bridgehead atoms. The van der Waals surface area contributed by atoms with Crippen molar-refractivity contribution < 1.29 is 9.53 Å². The van der Waals surface area contributed by atoms with Crippen LogP contribution in [0.3, 0.4) is 0 Å². The normalized spacial score (nSPS) is 9.64. The van der Waals surface area contributed by atoms with Crippen molar-refractivity contribution in [2.75, 3.05) is 7.11 Å². The predicted octanol–water partition coefficient (Wildman–Crippen LogP) is 2.13. The molecule has 0 N–H and O–H groups in total. The number of rotatable bonds is 2. The summed E-state index contributed by atoms with van der Waals surface area (Å²) in [6.45, 7) is 7.43. The molecule has 0 atom stereocenters. The minimum absolute atomic E-state index is 0.363. The molecule has 0 saturated carbocycles. The average Bonchev–Trinajstić information content (AvgIpc) is 2.18. The molecule has 1 rings (SSSR count). The van der Waals surface area contributed by atoms with Gasteiger partial charge in [0.2, 0.25) is 0 Å². The van der Waals surface area contributed by atoms with Crippen molar-refractivity contribution in [2.45, 2.75) is 13.8 Å². The summed E-state index contributed by atoms with van der Waals surface area (Å²) in [6, 6.07) is 0. The van der Waals surface area contributed by atoms with E-state index in [1.54, 1.807) is 6.08 Å². The van der Waals surface area contributed by atoms with Gasteiger partial charge < -0.3 is 4.74 Å². The number of carbonyl (C=O) groups excluding carboxylic acids is 1. The topological polar surface area (TPSA) is 39.2 Å². The van der Waals surface area contributed by atoms with E-state index >= 15 is 0 Å². The first-order valence-corrected chi connectivity index (χ1v) is 4.28. The largest absolute Gasteiger partial charge is 0.465 e. The first kappa shape index (κ1) is 10.4. The van der Waals surface area contributed by atoms with E-state index in [1.165, 1.54) is 13.3 Å². The zero-order valence-corrected chi connectivity index (χ0v) is 8.63. The Morgan fingerprint density at radius 2 is 2.21 bits per heavy atom. The van der Waals surface area contributed by atoms with Gasteiger partial charge in [0.15, 0.2) is 0 Å². The SMILES string of the molecule is C=Cc1c(C)ncc(C(=O)OC)c1C. The molecular formula is C11H13NO2. The first-order valence-electron chi connectivity index (χ1n) is 4.28. The molecule has 0 aliphatic heterocycles. The molecule has 1 aromatic heterocycles. The van der Waals surface area contributed by atoms with Gasteiger partial charge in [0.1, 0.15) is 0 Å². The highest BCUT2D eigenvalue weighted by atomic mass is 16.5. The number of nitrogens with zero attached hydrogens (tertiary/aromatic N) is 1. The summed E-state index contributed by atoms with van der Waals surface area (Å²) in [6.07, 6.45) is 3.23. The molecule has 0 aliphatic carbocycles. The summed E-state index contributed by atoms with van der Waals surface area (Å²) in [5.41, 5.74) is 3.12. The Morgan fingerprint density at radius 3 is 2.71 bits per heavy atom. The highest BCUT2D eigenvalue weighted by molar-refractivity contribution is 5.91. The Balaban J connectivity index is 3.35. The van der Waals surface area contributed by atoms with Crippen molar-refractivity contribution in [3.05, 3.63) is 35.2 Å². The van der Waals surface area contributed by atoms with Gasteiger partial charge in [-0.3, -0.25) is 4.98 Å². The predicted molar refractivity (Wildman–Crippen MR) is 55.1 cm³/mol. The lowest BCUT2D eigenvalue weighted by molar-refractivity contribution is 0.0599. The van der Waals surface area contributed by atoms with Gasteiger partial charge in [-0.25, -0.2) is 4.79 Å². The number of methoxy groups -OCH3 is 1. The zero-order chi connectivity index (χ0) is 10.7. The van der Waals surface area contributed by atoms with E-state index in [-0.39, 0.29) is 5.97 Å². The number of carbonyl (C=O) groups is 1. The highest BCUT2D eigenvalue weighted by Gasteiger charge is 2.12. The monoisotopic (exact) mass is 191 g/mol. The third kappa shape index (κ3) is 1.66. The Bertz CT molecular complexity index is 383. The highest BCUT2D eigenvalue weighted by Crippen LogP contribution is 2.17. The molecular weight excluding hydrogens is 178 g/mol. The summed E-state index contributed by atoms with van der Waals surface area (Å²) in [5, 5.41) is 0. The average molecular weight is 191 g/mol. The Hall–Kier alpha value is -1.64. The second kappa shape index (κ2) is 4.05. The first-order chi connectivity index (χ1) is 6.61. The van der Waals surface area contributed by atoms with Crippen molar-refractivity contribution in [3.8, 4) is 0 Å². The third-order valence-corrected chi connectivity index (χ3v) is 2.19. The minimum atomic E-state index is -0.363. The zero-order valence-electron chi connectivity index (χ0n) is 8.63. The minimum Gasteiger partial charge on any atom is -0.465 e. The molecule has 0 fully saturated rings. The van der Waals surface area contributed by atoms with Gasteiger partial charge in [0.05, 0.1) is 12.7 Å². The van der Waals surface area contributed by atoms with Crippen molar-refractivity contribution in [1.82, 2.24) is 4.98 Å². The van der Waals surface area contributed by atoms with E-state index in [0.717, 1.165) is 16.8 Å². The second-order valence-electron chi connectivity index (χ2n) is 2.99. The number of esters is 1. The summed E-state index contributed by atoms with van der Waals surface area (Å²) < 4.78 is 4.64. The molecule has 0 aliphatic rings. The number of aromatic nitrogens is 1. The Labute approximate surface area is 83.4 Å². The fourth-order valence-electron chi connectivity index (χ4n) is 1.36. The van der Waals surface area contributed by atoms with Gasteiger partial charge in [-0.1, -0.05) is 12.7 Å². The van der Waals surface area contributed by atoms with Gasteiger partial charge in [0, 0.05) is 11.9 Å². The fourth-order valence-corrected chi connectivity index (χ4v) is 1.36. The van der Waals surface area contributed by atoms with Gasteiger partial charge in [-0.15, -0.1) is 0 Å². The Kier molecular flexibility index (Phi) is 3.02. The van der Waals surface area contributed by atoms with Crippen LogP contribution in [0.2, 0.25) is 0 Å². The number of aryl methyl sites for hydroxylation is 1. The molecule has 1 heterocycles. The molecule has 74 valence electrons. The Morgan fingerprint density at radius 1 is 1.57 bits per heavy atom. The van der Waals surface area contributed by atoms with Crippen LogP contribution >= 0.6 is 0 Å². The maximum absolute atomic E-state index is 11.3. The summed E-state index contributed by atoms with van der Waals surface area (Å²) in [4.78, 5) is 15.4. The van der Waals surface area contributed by atoms with Crippen molar-refractivity contribution in [3.63, 3.8) is 0 Å². The van der Waals surface area contributed by atoms with E-state index in [0.29, 0.717) is 5.56 Å². The van der Waals surface area contributed by atoms with Crippen LogP contribution in [0.15, 0.2) is 12.8 Å². The molecule has 0 amide bonds. The number of pyridine rings is 1. The quantitative estimate of drug-likeness (QED) is 0.672. The molecule has 0 unspecified atom stereocenters. The van der Waals surface area contributed by atoms with Crippen LogP contribution in [0.4, 0.5) is 0 Å². The van der Waals surface area contributed by atoms with Crippen LogP contribution in [-0.4, -0.2) is 18.1 Å². The van der Waals surface area contributed by atoms with Crippen LogP contribution in [-0.2, 0) is 4.74 Å². The van der Waals surface area contributed by atoms with E-state index in [1.807, 2.05) is 13.8 Å². The molecule has 0 spiro atoms. The van der Waals surface area contributed by atoms with E-state index in [2.05, 4.69) is 16.3 Å². The maximum Gasteiger partial charge on any atom is 0.339 e. The van der Waals surface area contributed by atoms with Gasteiger partial charge in [-0.05, 0) is 25.0 Å². The molecule has 3 nitrogen and oxygen atoms in total. The molecule has 1 aromatic rings. The molecule has 0 radical (unpaired) electrons. The van der Waals surface area contributed by atoms with Crippen LogP contribution < -0.4 is 0 Å². The van der Waals surface area contributed by atoms with Crippen molar-refractivity contribution in [2.24, 2.45) is 0 Å². The van der Waals surface area contributed by atoms with Gasteiger partial charge in [-0.2, -0.15) is 0 Å². The lowest BCUT2D eigenvalue weighted by Gasteiger charge is -2.08. The van der Waals surface area contributed by atoms with Crippen molar-refractivity contribution in [1.29, 1.82) is 0 Å². The molecule has 14 heavy (non-hydrogen) atoms. The summed E-state index contributed by atoms with van der Waals surface area (Å²) in [5.74, 6) is -0.363. The van der Waals surface area contributed by atoms with E-state index in [4.69, 9.17) is 0 Å². The molecule has 3 heteroatoms. The smallest absolute Gasteiger partial charge is 0.339 e. The summed E-state index contributed by atoms with van der Waals surface area (Å²) >= 11 is 0. The summed E-state index contributed by atoms with van der Waals surface area (Å²) in [7, 11) is 1.36. The molecule has 0 saturated heterocycles. The standard InChI is InChI=1S/C11H13NO2/c1-5-9-7(2)10(11(13)14-4)6-12-8(9)3/h5-6H,1H2,2-4H3. The fraction of sp³-hybridized carbons (Fsp3) is 0.273. The lowest BCUT2D eigenvalue weighted by atomic mass is 10.0.